The van der Waals surface area contributed by atoms with E-state index in [1.807, 2.05) is 13.0 Å². The molecule has 1 saturated heterocycles. The van der Waals surface area contributed by atoms with Crippen molar-refractivity contribution in [2.45, 2.75) is 26.3 Å². The van der Waals surface area contributed by atoms with Crippen molar-refractivity contribution in [1.29, 1.82) is 0 Å². The van der Waals surface area contributed by atoms with Crippen molar-refractivity contribution >= 4 is 5.69 Å². The number of anilines is 1. The fourth-order valence-corrected chi connectivity index (χ4v) is 2.11. The fourth-order valence-electron chi connectivity index (χ4n) is 2.11. The fraction of sp³-hybridized carbons (Fsp3) is 0.538. The van der Waals surface area contributed by atoms with Gasteiger partial charge in [0.25, 0.3) is 0 Å². The largest absolute Gasteiger partial charge is 0.381 e. The number of hydrogen-bond acceptors (Lipinski definition) is 2. The quantitative estimate of drug-likeness (QED) is 0.850. The molecular formula is C13H18FNO. The lowest BCUT2D eigenvalue weighted by Gasteiger charge is -2.22. The summed E-state index contributed by atoms with van der Waals surface area (Å²) in [6.45, 7) is 5.61. The van der Waals surface area contributed by atoms with E-state index in [0.29, 0.717) is 11.6 Å². The second-order valence-electron chi connectivity index (χ2n) is 4.49. The van der Waals surface area contributed by atoms with Crippen LogP contribution in [0.1, 0.15) is 18.9 Å². The van der Waals surface area contributed by atoms with E-state index in [1.165, 1.54) is 6.07 Å². The van der Waals surface area contributed by atoms with Gasteiger partial charge >= 0.3 is 0 Å². The number of para-hydroxylation sites is 1. The predicted molar refractivity (Wildman–Crippen MR) is 63.1 cm³/mol. The highest BCUT2D eigenvalue weighted by Gasteiger charge is 2.23. The highest BCUT2D eigenvalue weighted by atomic mass is 19.1. The summed E-state index contributed by atoms with van der Waals surface area (Å²) >= 11 is 0. The summed E-state index contributed by atoms with van der Waals surface area (Å²) in [6, 6.07) is 5.40. The van der Waals surface area contributed by atoms with Crippen molar-refractivity contribution in [2.24, 2.45) is 5.92 Å². The Morgan fingerprint density at radius 1 is 1.50 bits per heavy atom. The van der Waals surface area contributed by atoms with Gasteiger partial charge in [0, 0.05) is 18.6 Å². The van der Waals surface area contributed by atoms with Crippen LogP contribution < -0.4 is 5.32 Å². The summed E-state index contributed by atoms with van der Waals surface area (Å²) < 4.78 is 18.9. The molecule has 0 aliphatic carbocycles. The first-order valence-electron chi connectivity index (χ1n) is 5.78. The molecule has 0 radical (unpaired) electrons. The van der Waals surface area contributed by atoms with Crippen LogP contribution >= 0.6 is 0 Å². The average molecular weight is 223 g/mol. The Balaban J connectivity index is 2.07. The lowest BCUT2D eigenvalue weighted by molar-refractivity contribution is 0.183. The minimum absolute atomic E-state index is 0.175. The molecule has 1 aromatic rings. The number of aryl methyl sites for hydroxylation is 1. The first kappa shape index (κ1) is 11.4. The van der Waals surface area contributed by atoms with E-state index >= 15 is 0 Å². The Morgan fingerprint density at radius 3 is 2.94 bits per heavy atom. The molecule has 0 saturated carbocycles. The molecule has 2 unspecified atom stereocenters. The normalized spacial score (nSPS) is 22.1. The molecule has 88 valence electrons. The zero-order valence-electron chi connectivity index (χ0n) is 9.79. The highest BCUT2D eigenvalue weighted by Crippen LogP contribution is 2.24. The highest BCUT2D eigenvalue weighted by molar-refractivity contribution is 5.52. The van der Waals surface area contributed by atoms with Gasteiger partial charge in [0.1, 0.15) is 5.82 Å². The summed E-state index contributed by atoms with van der Waals surface area (Å²) in [5.41, 5.74) is 1.58. The molecule has 1 aromatic carbocycles. The first-order chi connectivity index (χ1) is 7.68. The molecule has 0 bridgehead atoms. The Kier molecular flexibility index (Phi) is 3.44. The van der Waals surface area contributed by atoms with E-state index in [-0.39, 0.29) is 11.9 Å². The number of benzene rings is 1. The molecular weight excluding hydrogens is 205 g/mol. The van der Waals surface area contributed by atoms with Gasteiger partial charge in [-0.3, -0.25) is 0 Å². The standard InChI is InChI=1S/C13H18FNO/c1-9-4-3-5-12(14)13(9)15-10(2)11-6-7-16-8-11/h3-5,10-11,15H,6-8H2,1-2H3. The van der Waals surface area contributed by atoms with Crippen LogP contribution in [0.15, 0.2) is 18.2 Å². The number of hydrogen-bond donors (Lipinski definition) is 1. The van der Waals surface area contributed by atoms with Crippen molar-refractivity contribution in [3.05, 3.63) is 29.6 Å². The Bertz CT molecular complexity index is 341. The number of ether oxygens (including phenoxy) is 1. The molecule has 2 rings (SSSR count). The molecule has 16 heavy (non-hydrogen) atoms. The predicted octanol–water partition coefficient (Wildman–Crippen LogP) is 2.97. The van der Waals surface area contributed by atoms with Gasteiger partial charge in [-0.2, -0.15) is 0 Å². The van der Waals surface area contributed by atoms with Gasteiger partial charge in [-0.15, -0.1) is 0 Å². The molecule has 1 fully saturated rings. The van der Waals surface area contributed by atoms with Crippen LogP contribution in [0.25, 0.3) is 0 Å². The lowest BCUT2D eigenvalue weighted by atomic mass is 10.00. The first-order valence-corrected chi connectivity index (χ1v) is 5.78. The molecule has 2 atom stereocenters. The van der Waals surface area contributed by atoms with Crippen LogP contribution in [-0.2, 0) is 4.74 Å². The van der Waals surface area contributed by atoms with Crippen LogP contribution in [0.4, 0.5) is 10.1 Å². The van der Waals surface area contributed by atoms with E-state index < -0.39 is 0 Å². The van der Waals surface area contributed by atoms with E-state index in [9.17, 15) is 4.39 Å². The summed E-state index contributed by atoms with van der Waals surface area (Å²) in [5.74, 6) is 0.310. The molecule has 2 nitrogen and oxygen atoms in total. The zero-order valence-corrected chi connectivity index (χ0v) is 9.79. The van der Waals surface area contributed by atoms with Crippen LogP contribution in [0.3, 0.4) is 0 Å². The summed E-state index contributed by atoms with van der Waals surface area (Å²) in [6.07, 6.45) is 1.06. The van der Waals surface area contributed by atoms with Gasteiger partial charge in [0.15, 0.2) is 0 Å². The third kappa shape index (κ3) is 2.35. The Labute approximate surface area is 95.8 Å². The van der Waals surface area contributed by atoms with Crippen LogP contribution in [0, 0.1) is 18.7 Å². The Hall–Kier alpha value is -1.09. The van der Waals surface area contributed by atoms with Gasteiger partial charge in [-0.25, -0.2) is 4.39 Å². The average Bonchev–Trinajstić information content (AvgIpc) is 2.76. The molecule has 1 N–H and O–H groups in total. The second-order valence-corrected chi connectivity index (χ2v) is 4.49. The lowest BCUT2D eigenvalue weighted by Crippen LogP contribution is -2.27. The molecule has 1 heterocycles. The summed E-state index contributed by atoms with van der Waals surface area (Å²) in [5, 5.41) is 3.27. The third-order valence-corrected chi connectivity index (χ3v) is 3.27. The summed E-state index contributed by atoms with van der Waals surface area (Å²) in [7, 11) is 0. The van der Waals surface area contributed by atoms with Crippen molar-refractivity contribution in [3.63, 3.8) is 0 Å². The second kappa shape index (κ2) is 4.83. The maximum atomic E-state index is 13.6. The van der Waals surface area contributed by atoms with E-state index in [2.05, 4.69) is 12.2 Å². The minimum atomic E-state index is -0.175. The SMILES string of the molecule is Cc1cccc(F)c1NC(C)C1CCOC1. The van der Waals surface area contributed by atoms with Gasteiger partial charge < -0.3 is 10.1 Å². The van der Waals surface area contributed by atoms with Crippen LogP contribution in [0.5, 0.6) is 0 Å². The molecule has 3 heteroatoms. The maximum absolute atomic E-state index is 13.6. The van der Waals surface area contributed by atoms with E-state index in [0.717, 1.165) is 25.2 Å². The van der Waals surface area contributed by atoms with Gasteiger partial charge in [-0.1, -0.05) is 12.1 Å². The van der Waals surface area contributed by atoms with Gasteiger partial charge in [-0.05, 0) is 31.9 Å². The third-order valence-electron chi connectivity index (χ3n) is 3.27. The number of nitrogens with one attached hydrogen (secondary N) is 1. The van der Waals surface area contributed by atoms with Gasteiger partial charge in [0.05, 0.1) is 12.3 Å². The smallest absolute Gasteiger partial charge is 0.146 e. The molecule has 0 spiro atoms. The van der Waals surface area contributed by atoms with Crippen molar-refractivity contribution in [3.8, 4) is 0 Å². The number of rotatable bonds is 3. The maximum Gasteiger partial charge on any atom is 0.146 e. The molecule has 0 aromatic heterocycles. The molecule has 1 aliphatic rings. The van der Waals surface area contributed by atoms with Crippen LogP contribution in [0.2, 0.25) is 0 Å². The van der Waals surface area contributed by atoms with Crippen molar-refractivity contribution in [2.75, 3.05) is 18.5 Å². The number of halogens is 1. The zero-order chi connectivity index (χ0) is 11.5. The van der Waals surface area contributed by atoms with Crippen molar-refractivity contribution < 1.29 is 9.13 Å². The monoisotopic (exact) mass is 223 g/mol. The molecule has 1 aliphatic heterocycles. The Morgan fingerprint density at radius 2 is 2.31 bits per heavy atom. The van der Waals surface area contributed by atoms with E-state index in [4.69, 9.17) is 4.74 Å². The topological polar surface area (TPSA) is 21.3 Å². The van der Waals surface area contributed by atoms with E-state index in [1.54, 1.807) is 6.07 Å². The minimum Gasteiger partial charge on any atom is -0.381 e. The van der Waals surface area contributed by atoms with Gasteiger partial charge in [0.2, 0.25) is 0 Å². The molecule has 0 amide bonds. The van der Waals surface area contributed by atoms with Crippen molar-refractivity contribution in [1.82, 2.24) is 0 Å². The van der Waals surface area contributed by atoms with Crippen LogP contribution in [-0.4, -0.2) is 19.3 Å². The summed E-state index contributed by atoms with van der Waals surface area (Å²) in [4.78, 5) is 0.